The van der Waals surface area contributed by atoms with Crippen molar-refractivity contribution < 1.29 is 9.90 Å². The van der Waals surface area contributed by atoms with Crippen LogP contribution in [0, 0.1) is 18.8 Å². The summed E-state index contributed by atoms with van der Waals surface area (Å²) in [4.78, 5) is 11.0. The summed E-state index contributed by atoms with van der Waals surface area (Å²) < 4.78 is 0. The van der Waals surface area contributed by atoms with Crippen molar-refractivity contribution in [1.82, 2.24) is 0 Å². The maximum atomic E-state index is 11.0. The number of aromatic carboxylic acids is 1. The zero-order valence-electron chi connectivity index (χ0n) is 12.1. The third kappa shape index (κ3) is 2.84. The van der Waals surface area contributed by atoms with Crippen molar-refractivity contribution in [2.75, 3.05) is 0 Å². The molecule has 0 heterocycles. The molecule has 3 aromatic carbocycles. The van der Waals surface area contributed by atoms with Crippen LogP contribution < -0.4 is 0 Å². The summed E-state index contributed by atoms with van der Waals surface area (Å²) in [5.74, 6) is 5.26. The minimum Gasteiger partial charge on any atom is -0.478 e. The second-order valence-electron chi connectivity index (χ2n) is 5.15. The molecule has 0 aliphatic heterocycles. The van der Waals surface area contributed by atoms with Crippen molar-refractivity contribution >= 4 is 16.7 Å². The molecule has 106 valence electrons. The fraction of sp³-hybridized carbons (Fsp3) is 0.0500. The Morgan fingerprint density at radius 3 is 2.45 bits per heavy atom. The first-order valence-corrected chi connectivity index (χ1v) is 6.98. The molecular weight excluding hydrogens is 272 g/mol. The quantitative estimate of drug-likeness (QED) is 0.679. The summed E-state index contributed by atoms with van der Waals surface area (Å²) in [5, 5.41) is 11.4. The van der Waals surface area contributed by atoms with Gasteiger partial charge in [-0.3, -0.25) is 0 Å². The zero-order chi connectivity index (χ0) is 15.5. The normalized spacial score (nSPS) is 10.0. The van der Waals surface area contributed by atoms with Crippen molar-refractivity contribution in [1.29, 1.82) is 0 Å². The minimum atomic E-state index is -0.936. The van der Waals surface area contributed by atoms with Gasteiger partial charge in [0, 0.05) is 11.1 Å². The van der Waals surface area contributed by atoms with Crippen LogP contribution in [0.25, 0.3) is 10.8 Å². The molecule has 1 N–H and O–H groups in total. The fourth-order valence-electron chi connectivity index (χ4n) is 2.30. The number of carbonyl (C=O) groups is 1. The monoisotopic (exact) mass is 286 g/mol. The molecule has 0 spiro atoms. The van der Waals surface area contributed by atoms with Gasteiger partial charge in [-0.15, -0.1) is 0 Å². The Labute approximate surface area is 129 Å². The number of benzene rings is 3. The molecular formula is C20H14O2. The Morgan fingerprint density at radius 2 is 1.68 bits per heavy atom. The summed E-state index contributed by atoms with van der Waals surface area (Å²) >= 11 is 0. The van der Waals surface area contributed by atoms with Crippen LogP contribution in [-0.2, 0) is 0 Å². The van der Waals surface area contributed by atoms with Gasteiger partial charge in [0.1, 0.15) is 0 Å². The molecule has 0 bridgehead atoms. The second-order valence-corrected chi connectivity index (χ2v) is 5.15. The Bertz CT molecular complexity index is 927. The first-order chi connectivity index (χ1) is 10.6. The molecule has 0 aliphatic carbocycles. The Morgan fingerprint density at radius 1 is 0.909 bits per heavy atom. The molecule has 0 saturated carbocycles. The van der Waals surface area contributed by atoms with Crippen molar-refractivity contribution in [2.24, 2.45) is 0 Å². The van der Waals surface area contributed by atoms with Gasteiger partial charge in [0.15, 0.2) is 0 Å². The summed E-state index contributed by atoms with van der Waals surface area (Å²) in [6.07, 6.45) is 0. The molecule has 0 amide bonds. The molecule has 0 unspecified atom stereocenters. The van der Waals surface area contributed by atoms with E-state index in [1.807, 2.05) is 37.3 Å². The number of rotatable bonds is 1. The van der Waals surface area contributed by atoms with Crippen LogP contribution in [0.5, 0.6) is 0 Å². The third-order valence-corrected chi connectivity index (χ3v) is 3.58. The molecule has 3 aromatic rings. The smallest absolute Gasteiger partial charge is 0.335 e. The highest BCUT2D eigenvalue weighted by atomic mass is 16.4. The van der Waals surface area contributed by atoms with Gasteiger partial charge in [0.2, 0.25) is 0 Å². The van der Waals surface area contributed by atoms with E-state index in [1.165, 1.54) is 5.39 Å². The molecule has 0 radical (unpaired) electrons. The number of fused-ring (bicyclic) bond motifs is 1. The third-order valence-electron chi connectivity index (χ3n) is 3.58. The molecule has 0 saturated heterocycles. The first kappa shape index (κ1) is 13.9. The minimum absolute atomic E-state index is 0.258. The lowest BCUT2D eigenvalue weighted by molar-refractivity contribution is 0.0697. The van der Waals surface area contributed by atoms with Crippen LogP contribution in [0.15, 0.2) is 60.7 Å². The average Bonchev–Trinajstić information content (AvgIpc) is 2.53. The van der Waals surface area contributed by atoms with E-state index < -0.39 is 5.97 Å². The van der Waals surface area contributed by atoms with E-state index in [0.717, 1.165) is 22.1 Å². The number of aryl methyl sites for hydroxylation is 1. The molecule has 2 heteroatoms. The van der Waals surface area contributed by atoms with Crippen LogP contribution >= 0.6 is 0 Å². The van der Waals surface area contributed by atoms with E-state index in [4.69, 9.17) is 5.11 Å². The highest BCUT2D eigenvalue weighted by Gasteiger charge is 2.04. The van der Waals surface area contributed by atoms with E-state index in [0.29, 0.717) is 0 Å². The number of carboxylic acid groups (broad SMARTS) is 1. The van der Waals surface area contributed by atoms with Crippen molar-refractivity contribution in [3.63, 3.8) is 0 Å². The van der Waals surface area contributed by atoms with Gasteiger partial charge in [-0.1, -0.05) is 48.2 Å². The lowest BCUT2D eigenvalue weighted by Crippen LogP contribution is -1.97. The van der Waals surface area contributed by atoms with Gasteiger partial charge in [0.05, 0.1) is 5.56 Å². The summed E-state index contributed by atoms with van der Waals surface area (Å²) in [5.41, 5.74) is 2.89. The lowest BCUT2D eigenvalue weighted by Gasteiger charge is -2.00. The van der Waals surface area contributed by atoms with Crippen molar-refractivity contribution in [2.45, 2.75) is 6.92 Å². The standard InChI is InChI=1S/C20H14O2/c1-14-6-9-19(20(21)22)13-17(14)11-8-15-7-10-16-4-2-3-5-18(16)12-15/h2-7,9-10,12-13H,1H3,(H,21,22). The van der Waals surface area contributed by atoms with Crippen LogP contribution in [0.2, 0.25) is 0 Å². The molecule has 0 atom stereocenters. The van der Waals surface area contributed by atoms with Gasteiger partial charge in [-0.2, -0.15) is 0 Å². The van der Waals surface area contributed by atoms with Gasteiger partial charge in [-0.05, 0) is 47.5 Å². The fourth-order valence-corrected chi connectivity index (χ4v) is 2.30. The maximum absolute atomic E-state index is 11.0. The lowest BCUT2D eigenvalue weighted by atomic mass is 10.0. The van der Waals surface area contributed by atoms with Crippen molar-refractivity contribution in [3.05, 3.63) is 82.9 Å². The van der Waals surface area contributed by atoms with Gasteiger partial charge in [0.25, 0.3) is 0 Å². The molecule has 0 aromatic heterocycles. The van der Waals surface area contributed by atoms with Crippen LogP contribution in [0.3, 0.4) is 0 Å². The topological polar surface area (TPSA) is 37.3 Å². The highest BCUT2D eigenvalue weighted by Crippen LogP contribution is 2.15. The Hall–Kier alpha value is -3.05. The largest absolute Gasteiger partial charge is 0.478 e. The summed E-state index contributed by atoms with van der Waals surface area (Å²) in [6, 6.07) is 19.2. The predicted molar refractivity (Wildman–Crippen MR) is 88.1 cm³/mol. The highest BCUT2D eigenvalue weighted by molar-refractivity contribution is 5.88. The maximum Gasteiger partial charge on any atom is 0.335 e. The second kappa shape index (κ2) is 5.75. The van der Waals surface area contributed by atoms with E-state index in [-0.39, 0.29) is 5.56 Å². The van der Waals surface area contributed by atoms with E-state index in [2.05, 4.69) is 24.0 Å². The number of hydrogen-bond acceptors (Lipinski definition) is 1. The van der Waals surface area contributed by atoms with Crippen LogP contribution in [0.4, 0.5) is 0 Å². The molecule has 0 fully saturated rings. The molecule has 3 rings (SSSR count). The van der Waals surface area contributed by atoms with Gasteiger partial charge >= 0.3 is 5.97 Å². The zero-order valence-corrected chi connectivity index (χ0v) is 12.1. The molecule has 22 heavy (non-hydrogen) atoms. The van der Waals surface area contributed by atoms with E-state index >= 15 is 0 Å². The molecule has 0 aliphatic rings. The van der Waals surface area contributed by atoms with E-state index in [1.54, 1.807) is 18.2 Å². The number of carboxylic acids is 1. The Kier molecular flexibility index (Phi) is 3.64. The van der Waals surface area contributed by atoms with E-state index in [9.17, 15) is 4.79 Å². The van der Waals surface area contributed by atoms with Crippen molar-refractivity contribution in [3.8, 4) is 11.8 Å². The SMILES string of the molecule is Cc1ccc(C(=O)O)cc1C#Cc1ccc2ccccc2c1. The predicted octanol–water partition coefficient (Wildman–Crippen LogP) is 4.25. The van der Waals surface area contributed by atoms with Crippen LogP contribution in [-0.4, -0.2) is 11.1 Å². The van der Waals surface area contributed by atoms with Gasteiger partial charge < -0.3 is 5.11 Å². The summed E-state index contributed by atoms with van der Waals surface area (Å²) in [7, 11) is 0. The summed E-state index contributed by atoms with van der Waals surface area (Å²) in [6.45, 7) is 1.93. The van der Waals surface area contributed by atoms with Gasteiger partial charge in [-0.25, -0.2) is 4.79 Å². The van der Waals surface area contributed by atoms with Crippen LogP contribution in [0.1, 0.15) is 27.0 Å². The Balaban J connectivity index is 2.00. The molecule has 2 nitrogen and oxygen atoms in total. The first-order valence-electron chi connectivity index (χ1n) is 6.98. The number of hydrogen-bond donors (Lipinski definition) is 1. The average molecular weight is 286 g/mol.